The number of aromatic amines is 1. The molecule has 1 aromatic heterocycles. The first kappa shape index (κ1) is 21.1. The molecule has 3 rings (SSSR count). The Bertz CT molecular complexity index is 1030. The smallest absolute Gasteiger partial charge is 0.279 e. The van der Waals surface area contributed by atoms with Crippen LogP contribution in [0, 0.1) is 12.3 Å². The first-order chi connectivity index (χ1) is 14.4. The number of amides is 1. The third kappa shape index (κ3) is 4.69. The molecule has 0 fully saturated rings. The van der Waals surface area contributed by atoms with E-state index in [1.807, 2.05) is 31.2 Å². The van der Waals surface area contributed by atoms with Crippen molar-refractivity contribution in [2.75, 3.05) is 18.6 Å². The molecule has 156 valence electrons. The summed E-state index contributed by atoms with van der Waals surface area (Å²) in [5.41, 5.74) is 3.88. The first-order valence-corrected chi connectivity index (χ1v) is 9.51. The molecule has 1 atom stereocenters. The lowest BCUT2D eigenvalue weighted by molar-refractivity contribution is 0.0999. The molecule has 1 unspecified atom stereocenters. The van der Waals surface area contributed by atoms with Crippen molar-refractivity contribution in [3.05, 3.63) is 66.0 Å². The van der Waals surface area contributed by atoms with Crippen molar-refractivity contribution in [3.8, 4) is 22.6 Å². The predicted molar refractivity (Wildman–Crippen MR) is 117 cm³/mol. The lowest BCUT2D eigenvalue weighted by atomic mass is 10.1. The van der Waals surface area contributed by atoms with Gasteiger partial charge in [0, 0.05) is 12.3 Å². The van der Waals surface area contributed by atoms with E-state index in [0.29, 0.717) is 22.9 Å². The summed E-state index contributed by atoms with van der Waals surface area (Å²) >= 11 is 0. The minimum absolute atomic E-state index is 0.118. The predicted octanol–water partition coefficient (Wildman–Crippen LogP) is 4.01. The highest BCUT2D eigenvalue weighted by atomic mass is 16.5. The molecule has 0 aliphatic carbocycles. The van der Waals surface area contributed by atoms with Crippen LogP contribution >= 0.6 is 0 Å². The number of hydrogen-bond acceptors (Lipinski definition) is 5. The molecule has 1 heterocycles. The largest absolute Gasteiger partial charge is 0.493 e. The molecule has 0 saturated carbocycles. The lowest BCUT2D eigenvalue weighted by Gasteiger charge is -2.19. The Kier molecular flexibility index (Phi) is 6.54. The summed E-state index contributed by atoms with van der Waals surface area (Å²) in [7, 11) is 1.49. The Labute approximate surface area is 175 Å². The van der Waals surface area contributed by atoms with Gasteiger partial charge in [-0.3, -0.25) is 15.1 Å². The van der Waals surface area contributed by atoms with Crippen LogP contribution in [0.5, 0.6) is 11.5 Å². The van der Waals surface area contributed by atoms with Crippen molar-refractivity contribution in [1.29, 1.82) is 5.41 Å². The van der Waals surface area contributed by atoms with Crippen molar-refractivity contribution < 1.29 is 19.4 Å². The number of aliphatic hydroxyl groups is 1. The van der Waals surface area contributed by atoms with Gasteiger partial charge in [-0.2, -0.15) is 0 Å². The van der Waals surface area contributed by atoms with E-state index >= 15 is 0 Å². The van der Waals surface area contributed by atoms with E-state index in [0.717, 1.165) is 23.0 Å². The van der Waals surface area contributed by atoms with Crippen LogP contribution in [0.15, 0.2) is 54.7 Å². The fraction of sp³-hybridized carbons (Fsp3) is 0.217. The van der Waals surface area contributed by atoms with Gasteiger partial charge in [0.25, 0.3) is 5.91 Å². The van der Waals surface area contributed by atoms with E-state index < -0.39 is 6.10 Å². The summed E-state index contributed by atoms with van der Waals surface area (Å²) in [4.78, 5) is 17.2. The summed E-state index contributed by atoms with van der Waals surface area (Å²) in [5, 5.41) is 17.2. The topological polar surface area (TPSA) is 98.6 Å². The molecule has 7 nitrogen and oxygen atoms in total. The van der Waals surface area contributed by atoms with E-state index in [-0.39, 0.29) is 12.5 Å². The van der Waals surface area contributed by atoms with Crippen LogP contribution in [0.25, 0.3) is 11.1 Å². The van der Waals surface area contributed by atoms with Gasteiger partial charge in [0.2, 0.25) is 0 Å². The third-order valence-corrected chi connectivity index (χ3v) is 4.55. The van der Waals surface area contributed by atoms with Crippen LogP contribution in [0.2, 0.25) is 0 Å². The highest BCUT2D eigenvalue weighted by molar-refractivity contribution is 6.15. The number of anilines is 1. The number of methoxy groups -OCH3 is 1. The summed E-state index contributed by atoms with van der Waals surface area (Å²) in [5.74, 6) is 0.476. The fourth-order valence-corrected chi connectivity index (χ4v) is 2.95. The number of aliphatic hydroxyl groups excluding tert-OH is 1. The zero-order valence-electron chi connectivity index (χ0n) is 17.2. The lowest BCUT2D eigenvalue weighted by Crippen LogP contribution is -2.29. The summed E-state index contributed by atoms with van der Waals surface area (Å²) in [6.07, 6.45) is 2.11. The second-order valence-corrected chi connectivity index (χ2v) is 6.97. The molecular formula is C23H25N3O4. The molecule has 3 aromatic rings. The first-order valence-electron chi connectivity index (χ1n) is 9.51. The summed E-state index contributed by atoms with van der Waals surface area (Å²) in [6.45, 7) is 3.76. The Balaban J connectivity index is 1.84. The van der Waals surface area contributed by atoms with E-state index in [9.17, 15) is 9.90 Å². The number of H-pyrrole nitrogens is 1. The van der Waals surface area contributed by atoms with Crippen molar-refractivity contribution in [1.82, 2.24) is 4.98 Å². The number of nitrogens with one attached hydrogen (secondary N) is 2. The average Bonchev–Trinajstić information content (AvgIpc) is 3.23. The molecule has 0 bridgehead atoms. The number of hydrogen-bond donors (Lipinski definition) is 3. The van der Waals surface area contributed by atoms with Gasteiger partial charge >= 0.3 is 0 Å². The zero-order valence-corrected chi connectivity index (χ0v) is 17.2. The molecule has 30 heavy (non-hydrogen) atoms. The van der Waals surface area contributed by atoms with Gasteiger partial charge in [0.1, 0.15) is 12.3 Å². The van der Waals surface area contributed by atoms with E-state index in [1.165, 1.54) is 12.0 Å². The van der Waals surface area contributed by atoms with Crippen LogP contribution in [-0.2, 0) is 0 Å². The van der Waals surface area contributed by atoms with Gasteiger partial charge in [-0.1, -0.05) is 29.8 Å². The molecule has 0 radical (unpaired) electrons. The van der Waals surface area contributed by atoms with Crippen LogP contribution in [0.1, 0.15) is 23.0 Å². The monoisotopic (exact) mass is 407 g/mol. The number of benzene rings is 2. The molecular weight excluding hydrogens is 382 g/mol. The van der Waals surface area contributed by atoms with Gasteiger partial charge in [-0.15, -0.1) is 0 Å². The fourth-order valence-electron chi connectivity index (χ4n) is 2.95. The Morgan fingerprint density at radius 2 is 1.90 bits per heavy atom. The van der Waals surface area contributed by atoms with Crippen LogP contribution in [0.3, 0.4) is 0 Å². The number of aromatic nitrogens is 1. The van der Waals surface area contributed by atoms with E-state index in [2.05, 4.69) is 4.98 Å². The Hall–Kier alpha value is -3.58. The molecule has 0 spiro atoms. The Morgan fingerprint density at radius 1 is 1.17 bits per heavy atom. The molecule has 0 saturated heterocycles. The van der Waals surface area contributed by atoms with Gasteiger partial charge in [-0.25, -0.2) is 0 Å². The zero-order chi connectivity index (χ0) is 21.7. The highest BCUT2D eigenvalue weighted by Crippen LogP contribution is 2.32. The highest BCUT2D eigenvalue weighted by Gasteiger charge is 2.20. The van der Waals surface area contributed by atoms with Crippen molar-refractivity contribution in [2.24, 2.45) is 0 Å². The van der Waals surface area contributed by atoms with Crippen molar-refractivity contribution in [2.45, 2.75) is 20.0 Å². The summed E-state index contributed by atoms with van der Waals surface area (Å²) < 4.78 is 10.9. The number of carbonyl (C=O) groups excluding carboxylic acids is 1. The van der Waals surface area contributed by atoms with Crippen LogP contribution in [-0.4, -0.2) is 42.2 Å². The van der Waals surface area contributed by atoms with Gasteiger partial charge < -0.3 is 19.6 Å². The Morgan fingerprint density at radius 3 is 2.53 bits per heavy atom. The average molecular weight is 407 g/mol. The van der Waals surface area contributed by atoms with E-state index in [4.69, 9.17) is 14.9 Å². The minimum Gasteiger partial charge on any atom is -0.493 e. The maximum absolute atomic E-state index is 13.0. The standard InChI is InChI=1S/C23H25N3O4/c1-15-4-6-17(7-5-15)18-10-20(25-12-18)23(28)26(14-24)19-8-9-21(22(11-19)29-3)30-13-16(2)27/h4-12,14,16,24-25,27H,13H2,1-3H3. The van der Waals surface area contributed by atoms with Crippen LogP contribution in [0.4, 0.5) is 5.69 Å². The van der Waals surface area contributed by atoms with Gasteiger partial charge in [-0.05, 0) is 43.2 Å². The van der Waals surface area contributed by atoms with E-state index in [1.54, 1.807) is 37.4 Å². The molecule has 3 N–H and O–H groups in total. The normalized spacial score (nSPS) is 11.6. The van der Waals surface area contributed by atoms with Crippen molar-refractivity contribution >= 4 is 17.9 Å². The quantitative estimate of drug-likeness (QED) is 0.388. The minimum atomic E-state index is -0.621. The maximum Gasteiger partial charge on any atom is 0.279 e. The summed E-state index contributed by atoms with van der Waals surface area (Å²) in [6, 6.07) is 14.7. The molecule has 7 heteroatoms. The second-order valence-electron chi connectivity index (χ2n) is 6.97. The SMILES string of the molecule is COc1cc(N(C=N)C(=O)c2cc(-c3ccc(C)cc3)c[nH]2)ccc1OCC(C)O. The second kappa shape index (κ2) is 9.28. The van der Waals surface area contributed by atoms with Gasteiger partial charge in [0.05, 0.1) is 25.2 Å². The molecule has 2 aromatic carbocycles. The maximum atomic E-state index is 13.0. The molecule has 0 aliphatic rings. The van der Waals surface area contributed by atoms with Crippen molar-refractivity contribution in [3.63, 3.8) is 0 Å². The van der Waals surface area contributed by atoms with Crippen LogP contribution < -0.4 is 14.4 Å². The van der Waals surface area contributed by atoms with Gasteiger partial charge in [0.15, 0.2) is 11.5 Å². The number of carbonyl (C=O) groups is 1. The molecule has 1 amide bonds. The molecule has 0 aliphatic heterocycles. The number of ether oxygens (including phenoxy) is 2. The number of nitrogens with zero attached hydrogens (tertiary/aromatic N) is 1. The number of aryl methyl sites for hydroxylation is 1. The third-order valence-electron chi connectivity index (χ3n) is 4.55. The number of rotatable bonds is 8.